The van der Waals surface area contributed by atoms with E-state index in [1.54, 1.807) is 19.1 Å². The van der Waals surface area contributed by atoms with E-state index in [0.717, 1.165) is 29.7 Å². The minimum absolute atomic E-state index is 0.0428. The number of benzene rings is 1. The molecule has 1 aromatic rings. The average Bonchev–Trinajstić information content (AvgIpc) is 3.45. The Morgan fingerprint density at radius 2 is 1.87 bits per heavy atom. The van der Waals surface area contributed by atoms with Gasteiger partial charge in [-0.25, -0.2) is 0 Å². The molecule has 52 heavy (non-hydrogen) atoms. The molecule has 0 aromatic heterocycles. The highest BCUT2D eigenvalue weighted by atomic mass is 16.7. The molecule has 1 aliphatic carbocycles. The van der Waals surface area contributed by atoms with E-state index < -0.39 is 41.6 Å². The Morgan fingerprint density at radius 1 is 1.10 bits per heavy atom. The number of nitrogens with one attached hydrogen (secondary N) is 1. The second kappa shape index (κ2) is 16.1. The Balaban J connectivity index is 1.31. The number of esters is 1. The first kappa shape index (κ1) is 38.6. The highest BCUT2D eigenvalue weighted by molar-refractivity contribution is 5.88. The smallest absolute Gasteiger partial charge is 0.316 e. The summed E-state index contributed by atoms with van der Waals surface area (Å²) in [7, 11) is 0. The van der Waals surface area contributed by atoms with Gasteiger partial charge in [0.25, 0.3) is 0 Å². The van der Waals surface area contributed by atoms with Gasteiger partial charge in [-0.2, -0.15) is 0 Å². The Morgan fingerprint density at radius 3 is 2.60 bits per heavy atom. The lowest BCUT2D eigenvalue weighted by molar-refractivity contribution is -0.335. The summed E-state index contributed by atoms with van der Waals surface area (Å²) < 4.78 is 32.5. The summed E-state index contributed by atoms with van der Waals surface area (Å²) in [6, 6.07) is 7.78. The first-order valence-corrected chi connectivity index (χ1v) is 19.1. The number of allylic oxidation sites excluding steroid dienone is 2. The molecule has 0 unspecified atom stereocenters. The van der Waals surface area contributed by atoms with E-state index in [9.17, 15) is 19.8 Å². The molecule has 6 rings (SSSR count). The zero-order chi connectivity index (χ0) is 37.2. The van der Waals surface area contributed by atoms with Crippen molar-refractivity contribution in [3.8, 4) is 0 Å². The van der Waals surface area contributed by atoms with Gasteiger partial charge in [-0.05, 0) is 79.9 Å². The van der Waals surface area contributed by atoms with Gasteiger partial charge in [-0.1, -0.05) is 63.3 Å². The van der Waals surface area contributed by atoms with E-state index in [0.29, 0.717) is 55.8 Å². The van der Waals surface area contributed by atoms with E-state index in [1.807, 2.05) is 36.4 Å². The van der Waals surface area contributed by atoms with Crippen molar-refractivity contribution in [2.75, 3.05) is 18.5 Å². The van der Waals surface area contributed by atoms with E-state index >= 15 is 0 Å². The molecule has 1 spiro atoms. The molecule has 10 heteroatoms. The fraction of sp³-hybridized carbons (Fsp3) is 0.619. The van der Waals surface area contributed by atoms with Crippen molar-refractivity contribution in [3.63, 3.8) is 0 Å². The van der Waals surface area contributed by atoms with Gasteiger partial charge in [0, 0.05) is 37.8 Å². The number of amides is 1. The van der Waals surface area contributed by atoms with Crippen LogP contribution in [0.15, 0.2) is 71.4 Å². The number of rotatable bonds is 6. The van der Waals surface area contributed by atoms with Crippen molar-refractivity contribution in [3.05, 3.63) is 76.9 Å². The average molecular weight is 720 g/mol. The zero-order valence-corrected chi connectivity index (χ0v) is 31.5. The third-order valence-corrected chi connectivity index (χ3v) is 11.7. The van der Waals surface area contributed by atoms with Crippen molar-refractivity contribution >= 4 is 17.6 Å². The van der Waals surface area contributed by atoms with Crippen molar-refractivity contribution in [2.45, 2.75) is 135 Å². The first-order valence-electron chi connectivity index (χ1n) is 19.1. The van der Waals surface area contributed by atoms with Crippen LogP contribution in [0.25, 0.3) is 0 Å². The number of carbonyl (C=O) groups is 2. The van der Waals surface area contributed by atoms with Crippen molar-refractivity contribution in [1.29, 1.82) is 0 Å². The Kier molecular flexibility index (Phi) is 11.9. The predicted octanol–water partition coefficient (Wildman–Crippen LogP) is 6.12. The molecule has 3 saturated heterocycles. The SMILES string of the molecule is CC[C@H]1O[C@]2(CC[C@@H]1C)C[C@@H]1C[C@@H](C/C=C(\C)[C@H](OCCc3ccc(NC(C)=O)cc3)[C@@H](C)/C=C/C=C3\CO[C@@H]4[C@H](O)C(C)=C[C@@H](C(=O)O1)[C@]34O)O2. The van der Waals surface area contributed by atoms with Gasteiger partial charge < -0.3 is 39.2 Å². The van der Waals surface area contributed by atoms with Gasteiger partial charge in [0.1, 0.15) is 29.8 Å². The summed E-state index contributed by atoms with van der Waals surface area (Å²) in [6.07, 6.45) is 11.3. The molecular formula is C42H57NO9. The molecule has 5 aliphatic rings. The van der Waals surface area contributed by atoms with Gasteiger partial charge in [-0.3, -0.25) is 9.59 Å². The maximum absolute atomic E-state index is 14.1. The summed E-state index contributed by atoms with van der Waals surface area (Å²) in [5.41, 5.74) is 2.24. The molecule has 0 saturated carbocycles. The topological polar surface area (TPSA) is 133 Å². The summed E-state index contributed by atoms with van der Waals surface area (Å²) in [5, 5.41) is 26.2. The van der Waals surface area contributed by atoms with Crippen LogP contribution in [0.3, 0.4) is 0 Å². The molecule has 4 heterocycles. The molecule has 1 amide bonds. The van der Waals surface area contributed by atoms with Crippen LogP contribution in [0.2, 0.25) is 0 Å². The zero-order valence-electron chi connectivity index (χ0n) is 31.5. The highest BCUT2D eigenvalue weighted by Gasteiger charge is 2.60. The maximum atomic E-state index is 14.1. The normalized spacial score (nSPS) is 40.7. The summed E-state index contributed by atoms with van der Waals surface area (Å²) in [4.78, 5) is 25.6. The number of aliphatic hydroxyl groups is 2. The molecule has 284 valence electrons. The van der Waals surface area contributed by atoms with Gasteiger partial charge >= 0.3 is 5.97 Å². The fourth-order valence-corrected chi connectivity index (χ4v) is 8.71. The van der Waals surface area contributed by atoms with Crippen LogP contribution in [0.4, 0.5) is 5.69 Å². The molecule has 1 aromatic carbocycles. The predicted molar refractivity (Wildman–Crippen MR) is 197 cm³/mol. The quantitative estimate of drug-likeness (QED) is 0.235. The number of hydrogen-bond acceptors (Lipinski definition) is 9. The van der Waals surface area contributed by atoms with E-state index in [1.165, 1.54) is 6.92 Å². The number of hydrogen-bond donors (Lipinski definition) is 3. The van der Waals surface area contributed by atoms with E-state index in [2.05, 4.69) is 39.1 Å². The van der Waals surface area contributed by atoms with Crippen LogP contribution in [0.5, 0.6) is 0 Å². The maximum Gasteiger partial charge on any atom is 0.316 e. The van der Waals surface area contributed by atoms with Gasteiger partial charge in [-0.15, -0.1) is 0 Å². The summed E-state index contributed by atoms with van der Waals surface area (Å²) >= 11 is 0. The van der Waals surface area contributed by atoms with Crippen LogP contribution < -0.4 is 5.32 Å². The molecule has 4 aliphatic heterocycles. The number of ether oxygens (including phenoxy) is 5. The molecular weight excluding hydrogens is 662 g/mol. The largest absolute Gasteiger partial charge is 0.462 e. The van der Waals surface area contributed by atoms with Crippen LogP contribution in [-0.2, 0) is 39.7 Å². The number of aliphatic hydroxyl groups excluding tert-OH is 1. The van der Waals surface area contributed by atoms with Crippen molar-refractivity contribution < 1.29 is 43.5 Å². The molecule has 11 atom stereocenters. The monoisotopic (exact) mass is 719 g/mol. The standard InChI is InChI=1S/C42H57NO9/c1-7-36-25(2)17-19-41(52-36)23-34-22-33(51-41)16-11-27(4)38(48-20-18-30-12-14-32(15-13-30)43-29(6)44)26(3)9-8-10-31-24-49-39-37(45)28(5)21-35(40(46)50-34)42(31,39)47/h8-15,21,25-26,33-39,45,47H,7,16-20,22-24H2,1-6H3,(H,43,44)/b9-8+,27-11+,31-10+/t25-,26-,33+,34-,35-,36+,37+,38+,39+,41+,42+/m0/s1. The van der Waals surface area contributed by atoms with Gasteiger partial charge in [0.15, 0.2) is 5.79 Å². The number of fused-ring (bicyclic) bond motifs is 2. The minimum atomic E-state index is -1.77. The summed E-state index contributed by atoms with van der Waals surface area (Å²) in [5.74, 6) is -2.21. The number of carbonyl (C=O) groups excluding carboxylic acids is 2. The van der Waals surface area contributed by atoms with Gasteiger partial charge in [0.05, 0.1) is 31.5 Å². The molecule has 3 fully saturated rings. The fourth-order valence-electron chi connectivity index (χ4n) is 8.71. The lowest BCUT2D eigenvalue weighted by atomic mass is 9.71. The second-order valence-corrected chi connectivity index (χ2v) is 15.7. The lowest BCUT2D eigenvalue weighted by Gasteiger charge is -2.50. The van der Waals surface area contributed by atoms with Crippen LogP contribution >= 0.6 is 0 Å². The van der Waals surface area contributed by atoms with Crippen molar-refractivity contribution in [2.24, 2.45) is 17.8 Å². The second-order valence-electron chi connectivity index (χ2n) is 15.7. The van der Waals surface area contributed by atoms with Crippen LogP contribution in [-0.4, -0.2) is 83.3 Å². The van der Waals surface area contributed by atoms with Gasteiger partial charge in [0.2, 0.25) is 5.91 Å². The Hall–Kier alpha value is -3.12. The first-order chi connectivity index (χ1) is 24.8. The van der Waals surface area contributed by atoms with E-state index in [-0.39, 0.29) is 36.7 Å². The summed E-state index contributed by atoms with van der Waals surface area (Å²) in [6.45, 7) is 12.3. The highest BCUT2D eigenvalue weighted by Crippen LogP contribution is 2.47. The van der Waals surface area contributed by atoms with Crippen LogP contribution in [0.1, 0.15) is 85.6 Å². The number of anilines is 1. The van der Waals surface area contributed by atoms with E-state index in [4.69, 9.17) is 23.7 Å². The Labute approximate surface area is 308 Å². The molecule has 3 N–H and O–H groups in total. The lowest BCUT2D eigenvalue weighted by Crippen LogP contribution is -2.58. The molecule has 10 nitrogen and oxygen atoms in total. The van der Waals surface area contributed by atoms with Crippen LogP contribution in [0, 0.1) is 17.8 Å². The third-order valence-electron chi connectivity index (χ3n) is 11.7. The Bertz CT molecular complexity index is 1580. The third kappa shape index (κ3) is 8.17. The van der Waals surface area contributed by atoms with Crippen molar-refractivity contribution in [1.82, 2.24) is 0 Å². The molecule has 2 bridgehead atoms. The minimum Gasteiger partial charge on any atom is -0.462 e. The molecule has 0 radical (unpaired) electrons.